The summed E-state index contributed by atoms with van der Waals surface area (Å²) in [5.74, 6) is 1.97. The zero-order chi connectivity index (χ0) is 13.7. The molecule has 2 rings (SSSR count). The molecule has 1 aromatic rings. The van der Waals surface area contributed by atoms with E-state index >= 15 is 0 Å². The first-order chi connectivity index (χ1) is 9.24. The van der Waals surface area contributed by atoms with Crippen LogP contribution >= 0.6 is 0 Å². The smallest absolute Gasteiger partial charge is 0.160 e. The Bertz CT molecular complexity index is 402. The fraction of sp³-hybridized carbons (Fsp3) is 0.600. The van der Waals surface area contributed by atoms with Gasteiger partial charge in [0.15, 0.2) is 11.5 Å². The normalized spacial score (nSPS) is 20.9. The zero-order valence-corrected chi connectivity index (χ0v) is 11.7. The Balaban J connectivity index is 2.01. The van der Waals surface area contributed by atoms with Gasteiger partial charge in [0, 0.05) is 12.6 Å². The van der Waals surface area contributed by atoms with Crippen molar-refractivity contribution in [2.75, 3.05) is 27.4 Å². The summed E-state index contributed by atoms with van der Waals surface area (Å²) in [6.45, 7) is 1.66. The van der Waals surface area contributed by atoms with E-state index < -0.39 is 0 Å². The fourth-order valence-corrected chi connectivity index (χ4v) is 2.55. The molecule has 0 spiro atoms. The molecule has 106 valence electrons. The van der Waals surface area contributed by atoms with E-state index in [2.05, 4.69) is 0 Å². The molecule has 0 amide bonds. The van der Waals surface area contributed by atoms with Gasteiger partial charge in [0.2, 0.25) is 0 Å². The standard InChI is InChI=1S/C15H23NO3/c1-17-14-6-5-11(9-15(14)18-2)8-13(16)12-4-3-7-19-10-12/h5-6,9,12-13H,3-4,7-8,10,16H2,1-2H3. The van der Waals surface area contributed by atoms with Crippen LogP contribution in [0.4, 0.5) is 0 Å². The summed E-state index contributed by atoms with van der Waals surface area (Å²) in [6, 6.07) is 6.12. The summed E-state index contributed by atoms with van der Waals surface area (Å²) in [7, 11) is 3.29. The van der Waals surface area contributed by atoms with Crippen molar-refractivity contribution in [3.8, 4) is 11.5 Å². The predicted octanol–water partition coefficient (Wildman–Crippen LogP) is 2.00. The second kappa shape index (κ2) is 6.78. The average molecular weight is 265 g/mol. The third-order valence-electron chi connectivity index (χ3n) is 3.72. The number of rotatable bonds is 5. The van der Waals surface area contributed by atoms with Gasteiger partial charge in [0.25, 0.3) is 0 Å². The second-order valence-corrected chi connectivity index (χ2v) is 5.03. The van der Waals surface area contributed by atoms with Crippen LogP contribution in [0.1, 0.15) is 18.4 Å². The first-order valence-corrected chi connectivity index (χ1v) is 6.79. The van der Waals surface area contributed by atoms with Crippen molar-refractivity contribution >= 4 is 0 Å². The van der Waals surface area contributed by atoms with Crippen LogP contribution in [-0.4, -0.2) is 33.5 Å². The Kier molecular flexibility index (Phi) is 5.05. The molecule has 0 bridgehead atoms. The minimum atomic E-state index is 0.137. The first-order valence-electron chi connectivity index (χ1n) is 6.79. The molecule has 0 radical (unpaired) electrons. The molecule has 1 aromatic carbocycles. The molecular formula is C15H23NO3. The van der Waals surface area contributed by atoms with Crippen LogP contribution in [-0.2, 0) is 11.2 Å². The fourth-order valence-electron chi connectivity index (χ4n) is 2.55. The maximum atomic E-state index is 6.29. The van der Waals surface area contributed by atoms with Gasteiger partial charge in [-0.15, -0.1) is 0 Å². The predicted molar refractivity (Wildman–Crippen MR) is 74.8 cm³/mol. The van der Waals surface area contributed by atoms with Crippen LogP contribution in [0, 0.1) is 5.92 Å². The van der Waals surface area contributed by atoms with E-state index in [1.807, 2.05) is 18.2 Å². The van der Waals surface area contributed by atoms with Crippen molar-refractivity contribution in [2.24, 2.45) is 11.7 Å². The van der Waals surface area contributed by atoms with E-state index in [0.29, 0.717) is 5.92 Å². The summed E-state index contributed by atoms with van der Waals surface area (Å²) >= 11 is 0. The highest BCUT2D eigenvalue weighted by molar-refractivity contribution is 5.43. The van der Waals surface area contributed by atoms with Crippen molar-refractivity contribution in [3.63, 3.8) is 0 Å². The third-order valence-corrected chi connectivity index (χ3v) is 3.72. The molecule has 4 heteroatoms. The number of nitrogens with two attached hydrogens (primary N) is 1. The Morgan fingerprint density at radius 1 is 1.32 bits per heavy atom. The van der Waals surface area contributed by atoms with Crippen LogP contribution in [0.15, 0.2) is 18.2 Å². The van der Waals surface area contributed by atoms with E-state index in [1.54, 1.807) is 14.2 Å². The molecule has 1 aliphatic rings. The highest BCUT2D eigenvalue weighted by Crippen LogP contribution is 2.28. The van der Waals surface area contributed by atoms with Crippen LogP contribution in [0.3, 0.4) is 0 Å². The minimum absolute atomic E-state index is 0.137. The second-order valence-electron chi connectivity index (χ2n) is 5.03. The molecule has 0 saturated carbocycles. The Hall–Kier alpha value is -1.26. The van der Waals surface area contributed by atoms with Gasteiger partial charge in [-0.25, -0.2) is 0 Å². The van der Waals surface area contributed by atoms with E-state index in [-0.39, 0.29) is 6.04 Å². The van der Waals surface area contributed by atoms with Crippen LogP contribution in [0.2, 0.25) is 0 Å². The average Bonchev–Trinajstić information content (AvgIpc) is 2.48. The lowest BCUT2D eigenvalue weighted by atomic mass is 9.90. The van der Waals surface area contributed by atoms with Crippen molar-refractivity contribution in [2.45, 2.75) is 25.3 Å². The number of hydrogen-bond donors (Lipinski definition) is 1. The molecular weight excluding hydrogens is 242 g/mol. The van der Waals surface area contributed by atoms with Gasteiger partial charge in [-0.3, -0.25) is 0 Å². The van der Waals surface area contributed by atoms with Gasteiger partial charge in [0.05, 0.1) is 20.8 Å². The summed E-state index contributed by atoms with van der Waals surface area (Å²) < 4.78 is 16.0. The van der Waals surface area contributed by atoms with E-state index in [1.165, 1.54) is 5.56 Å². The van der Waals surface area contributed by atoms with E-state index in [9.17, 15) is 0 Å². The molecule has 2 unspecified atom stereocenters. The number of hydrogen-bond acceptors (Lipinski definition) is 4. The maximum absolute atomic E-state index is 6.29. The van der Waals surface area contributed by atoms with E-state index in [0.717, 1.165) is 44.0 Å². The summed E-state index contributed by atoms with van der Waals surface area (Å²) in [6.07, 6.45) is 3.12. The molecule has 1 fully saturated rings. The number of ether oxygens (including phenoxy) is 3. The zero-order valence-electron chi connectivity index (χ0n) is 11.7. The number of benzene rings is 1. The lowest BCUT2D eigenvalue weighted by Gasteiger charge is -2.27. The van der Waals surface area contributed by atoms with Crippen molar-refractivity contribution in [1.82, 2.24) is 0 Å². The Morgan fingerprint density at radius 3 is 2.74 bits per heavy atom. The quantitative estimate of drug-likeness (QED) is 0.884. The van der Waals surface area contributed by atoms with Crippen molar-refractivity contribution < 1.29 is 14.2 Å². The largest absolute Gasteiger partial charge is 0.493 e. The molecule has 19 heavy (non-hydrogen) atoms. The third kappa shape index (κ3) is 3.61. The molecule has 2 N–H and O–H groups in total. The van der Waals surface area contributed by atoms with Gasteiger partial charge in [0.1, 0.15) is 0 Å². The van der Waals surface area contributed by atoms with Gasteiger partial charge < -0.3 is 19.9 Å². The van der Waals surface area contributed by atoms with Gasteiger partial charge in [-0.1, -0.05) is 6.07 Å². The minimum Gasteiger partial charge on any atom is -0.493 e. The highest BCUT2D eigenvalue weighted by Gasteiger charge is 2.21. The lowest BCUT2D eigenvalue weighted by Crippen LogP contribution is -2.37. The molecule has 1 saturated heterocycles. The number of methoxy groups -OCH3 is 2. The molecule has 4 nitrogen and oxygen atoms in total. The van der Waals surface area contributed by atoms with Gasteiger partial charge >= 0.3 is 0 Å². The monoisotopic (exact) mass is 265 g/mol. The lowest BCUT2D eigenvalue weighted by molar-refractivity contribution is 0.0450. The van der Waals surface area contributed by atoms with Crippen molar-refractivity contribution in [3.05, 3.63) is 23.8 Å². The molecule has 1 heterocycles. The van der Waals surface area contributed by atoms with Crippen LogP contribution in [0.5, 0.6) is 11.5 Å². The first kappa shape index (κ1) is 14.2. The Labute approximate surface area is 114 Å². The molecule has 0 aliphatic carbocycles. The van der Waals surface area contributed by atoms with E-state index in [4.69, 9.17) is 19.9 Å². The molecule has 1 aliphatic heterocycles. The summed E-state index contributed by atoms with van der Waals surface area (Å²) in [5.41, 5.74) is 7.47. The van der Waals surface area contributed by atoms with Crippen molar-refractivity contribution in [1.29, 1.82) is 0 Å². The Morgan fingerprint density at radius 2 is 2.11 bits per heavy atom. The maximum Gasteiger partial charge on any atom is 0.160 e. The molecule has 2 atom stereocenters. The summed E-state index contributed by atoms with van der Waals surface area (Å²) in [4.78, 5) is 0. The highest BCUT2D eigenvalue weighted by atomic mass is 16.5. The van der Waals surface area contributed by atoms with Crippen LogP contribution in [0.25, 0.3) is 0 Å². The van der Waals surface area contributed by atoms with Crippen LogP contribution < -0.4 is 15.2 Å². The summed E-state index contributed by atoms with van der Waals surface area (Å²) in [5, 5.41) is 0. The van der Waals surface area contributed by atoms with Gasteiger partial charge in [-0.2, -0.15) is 0 Å². The topological polar surface area (TPSA) is 53.7 Å². The molecule has 0 aromatic heterocycles. The SMILES string of the molecule is COc1ccc(CC(N)C2CCCOC2)cc1OC. The van der Waals surface area contributed by atoms with Gasteiger partial charge in [-0.05, 0) is 42.9 Å².